The summed E-state index contributed by atoms with van der Waals surface area (Å²) in [5.41, 5.74) is 0. The summed E-state index contributed by atoms with van der Waals surface area (Å²) in [4.78, 5) is 0. The third-order valence-electron chi connectivity index (χ3n) is 3.25. The fourth-order valence-electron chi connectivity index (χ4n) is 2.36. The first-order valence-electron chi connectivity index (χ1n) is 6.73. The van der Waals surface area contributed by atoms with Gasteiger partial charge in [-0.25, -0.2) is 8.42 Å². The first-order valence-corrected chi connectivity index (χ1v) is 8.17. The van der Waals surface area contributed by atoms with Gasteiger partial charge in [-0.05, 0) is 31.4 Å². The highest BCUT2D eigenvalue weighted by Gasteiger charge is 2.29. The molecular formula is C12H22N4O2S. The maximum Gasteiger partial charge on any atom is 0.260 e. The Hall–Kier alpha value is -0.920. The second kappa shape index (κ2) is 6.02. The van der Waals surface area contributed by atoms with Gasteiger partial charge in [0.25, 0.3) is 10.0 Å². The minimum Gasteiger partial charge on any atom is -0.313 e. The third-order valence-corrected chi connectivity index (χ3v) is 5.01. The molecule has 19 heavy (non-hydrogen) atoms. The molecule has 1 fully saturated rings. The van der Waals surface area contributed by atoms with E-state index < -0.39 is 10.0 Å². The van der Waals surface area contributed by atoms with Crippen LogP contribution in [0, 0.1) is 5.92 Å². The van der Waals surface area contributed by atoms with E-state index in [1.807, 2.05) is 13.8 Å². The van der Waals surface area contributed by atoms with E-state index in [1.165, 1.54) is 12.3 Å². The molecule has 2 rings (SSSR count). The van der Waals surface area contributed by atoms with Gasteiger partial charge in [-0.15, -0.1) is 0 Å². The lowest BCUT2D eigenvalue weighted by molar-refractivity contribution is 0.335. The number of nitrogens with one attached hydrogen (secondary N) is 2. The average molecular weight is 286 g/mol. The molecule has 108 valence electrons. The molecule has 1 aliphatic heterocycles. The molecule has 1 aromatic rings. The molecule has 2 heterocycles. The molecule has 1 unspecified atom stereocenters. The molecule has 1 aromatic heterocycles. The van der Waals surface area contributed by atoms with Crippen molar-refractivity contribution in [3.8, 4) is 0 Å². The largest absolute Gasteiger partial charge is 0.313 e. The van der Waals surface area contributed by atoms with Gasteiger partial charge in [-0.3, -0.25) is 5.10 Å². The zero-order chi connectivity index (χ0) is 13.9. The van der Waals surface area contributed by atoms with Crippen LogP contribution in [0.2, 0.25) is 0 Å². The second-order valence-electron chi connectivity index (χ2n) is 5.43. The van der Waals surface area contributed by atoms with Crippen molar-refractivity contribution in [3.63, 3.8) is 0 Å². The van der Waals surface area contributed by atoms with Crippen LogP contribution < -0.4 is 5.32 Å². The number of nitrogens with zero attached hydrogens (tertiary/aromatic N) is 2. The highest BCUT2D eigenvalue weighted by Crippen LogP contribution is 2.17. The van der Waals surface area contributed by atoms with Crippen LogP contribution in [0.5, 0.6) is 0 Å². The van der Waals surface area contributed by atoms with Gasteiger partial charge in [0.05, 0.1) is 6.20 Å². The fraction of sp³-hybridized carbons (Fsp3) is 0.750. The van der Waals surface area contributed by atoms with Crippen molar-refractivity contribution in [2.24, 2.45) is 5.92 Å². The van der Waals surface area contributed by atoms with Gasteiger partial charge in [-0.2, -0.15) is 9.40 Å². The van der Waals surface area contributed by atoms with E-state index in [1.54, 1.807) is 4.31 Å². The standard InChI is InChI=1S/C12H22N4O2S/c1-10(2)8-16(9-11-4-3-6-13-11)19(17,18)12-5-7-14-15-12/h5,7,10-11,13H,3-4,6,8-9H2,1-2H3,(H,14,15). The van der Waals surface area contributed by atoms with E-state index >= 15 is 0 Å². The lowest BCUT2D eigenvalue weighted by atomic mass is 10.2. The number of sulfonamides is 1. The van der Waals surface area contributed by atoms with E-state index in [4.69, 9.17) is 0 Å². The summed E-state index contributed by atoms with van der Waals surface area (Å²) >= 11 is 0. The molecule has 1 saturated heterocycles. The zero-order valence-corrected chi connectivity index (χ0v) is 12.3. The maximum absolute atomic E-state index is 12.5. The van der Waals surface area contributed by atoms with Crippen molar-refractivity contribution in [3.05, 3.63) is 12.3 Å². The molecule has 1 aliphatic rings. The van der Waals surface area contributed by atoms with Crippen molar-refractivity contribution in [1.29, 1.82) is 0 Å². The molecule has 0 amide bonds. The molecule has 6 nitrogen and oxygen atoms in total. The van der Waals surface area contributed by atoms with Gasteiger partial charge in [-0.1, -0.05) is 13.8 Å². The van der Waals surface area contributed by atoms with Gasteiger partial charge < -0.3 is 5.32 Å². The molecule has 0 aliphatic carbocycles. The zero-order valence-electron chi connectivity index (χ0n) is 11.5. The number of aromatic nitrogens is 2. The number of H-pyrrole nitrogens is 1. The molecule has 0 radical (unpaired) electrons. The first kappa shape index (κ1) is 14.5. The summed E-state index contributed by atoms with van der Waals surface area (Å²) in [6.45, 7) is 6.08. The van der Waals surface area contributed by atoms with E-state index in [0.29, 0.717) is 19.0 Å². The van der Waals surface area contributed by atoms with E-state index in [2.05, 4.69) is 15.5 Å². The van der Waals surface area contributed by atoms with E-state index in [-0.39, 0.29) is 11.1 Å². The summed E-state index contributed by atoms with van der Waals surface area (Å²) in [5, 5.41) is 9.81. The second-order valence-corrected chi connectivity index (χ2v) is 7.34. The monoisotopic (exact) mass is 286 g/mol. The van der Waals surface area contributed by atoms with Gasteiger partial charge >= 0.3 is 0 Å². The maximum atomic E-state index is 12.5. The minimum atomic E-state index is -3.46. The highest BCUT2D eigenvalue weighted by atomic mass is 32.2. The topological polar surface area (TPSA) is 78.1 Å². The quantitative estimate of drug-likeness (QED) is 0.811. The highest BCUT2D eigenvalue weighted by molar-refractivity contribution is 7.89. The van der Waals surface area contributed by atoms with Gasteiger partial charge in [0, 0.05) is 19.1 Å². The SMILES string of the molecule is CC(C)CN(CC1CCCN1)S(=O)(=O)c1ccn[nH]1. The lowest BCUT2D eigenvalue weighted by Crippen LogP contribution is -2.42. The average Bonchev–Trinajstić information content (AvgIpc) is 3.00. The van der Waals surface area contributed by atoms with Gasteiger partial charge in [0.2, 0.25) is 0 Å². The van der Waals surface area contributed by atoms with Crippen molar-refractivity contribution in [2.45, 2.75) is 37.8 Å². The van der Waals surface area contributed by atoms with Crippen LogP contribution in [-0.2, 0) is 10.0 Å². The smallest absolute Gasteiger partial charge is 0.260 e. The fourth-order valence-corrected chi connectivity index (χ4v) is 3.91. The molecule has 0 bridgehead atoms. The van der Waals surface area contributed by atoms with Gasteiger partial charge in [0.1, 0.15) is 0 Å². The van der Waals surface area contributed by atoms with Crippen LogP contribution in [0.4, 0.5) is 0 Å². The first-order chi connectivity index (χ1) is 9.00. The van der Waals surface area contributed by atoms with Crippen molar-refractivity contribution >= 4 is 10.0 Å². The normalized spacial score (nSPS) is 20.5. The van der Waals surface area contributed by atoms with Crippen molar-refractivity contribution < 1.29 is 8.42 Å². The minimum absolute atomic E-state index is 0.172. The molecule has 1 atom stereocenters. The Morgan fingerprint density at radius 1 is 1.53 bits per heavy atom. The van der Waals surface area contributed by atoms with Crippen molar-refractivity contribution in [1.82, 2.24) is 19.8 Å². The van der Waals surface area contributed by atoms with Crippen LogP contribution in [0.3, 0.4) is 0 Å². The summed E-state index contributed by atoms with van der Waals surface area (Å²) in [6, 6.07) is 1.77. The Morgan fingerprint density at radius 3 is 2.84 bits per heavy atom. The van der Waals surface area contributed by atoms with Crippen LogP contribution in [0.15, 0.2) is 17.3 Å². The predicted molar refractivity (Wildman–Crippen MR) is 73.2 cm³/mol. The lowest BCUT2D eigenvalue weighted by Gasteiger charge is -2.26. The predicted octanol–water partition coefficient (Wildman–Crippen LogP) is 0.808. The van der Waals surface area contributed by atoms with Crippen molar-refractivity contribution in [2.75, 3.05) is 19.6 Å². The van der Waals surface area contributed by atoms with E-state index in [0.717, 1.165) is 19.4 Å². The summed E-state index contributed by atoms with van der Waals surface area (Å²) in [6.07, 6.45) is 3.62. The Balaban J connectivity index is 2.16. The number of aromatic amines is 1. The molecule has 0 spiro atoms. The third kappa shape index (κ3) is 3.55. The summed E-state index contributed by atoms with van der Waals surface area (Å²) in [5.74, 6) is 0.291. The molecule has 0 saturated carbocycles. The van der Waals surface area contributed by atoms with Gasteiger partial charge in [0.15, 0.2) is 5.03 Å². The number of rotatable bonds is 6. The molecule has 7 heteroatoms. The van der Waals surface area contributed by atoms with Crippen LogP contribution in [0.25, 0.3) is 0 Å². The van der Waals surface area contributed by atoms with Crippen LogP contribution in [0.1, 0.15) is 26.7 Å². The Morgan fingerprint density at radius 2 is 2.32 bits per heavy atom. The molecular weight excluding hydrogens is 264 g/mol. The van der Waals surface area contributed by atoms with Crippen LogP contribution >= 0.6 is 0 Å². The molecule has 2 N–H and O–H groups in total. The Kier molecular flexibility index (Phi) is 4.59. The number of hydrogen-bond acceptors (Lipinski definition) is 4. The Bertz CT molecular complexity index is 478. The number of hydrogen-bond donors (Lipinski definition) is 2. The Labute approximate surface area is 114 Å². The van der Waals surface area contributed by atoms with E-state index in [9.17, 15) is 8.42 Å². The van der Waals surface area contributed by atoms with Crippen LogP contribution in [-0.4, -0.2) is 48.6 Å². The summed E-state index contributed by atoms with van der Waals surface area (Å²) in [7, 11) is -3.46. The summed E-state index contributed by atoms with van der Waals surface area (Å²) < 4.78 is 26.7. The molecule has 0 aromatic carbocycles.